The highest BCUT2D eigenvalue weighted by atomic mass is 32.2. The largest absolute Gasteiger partial charge is 0.214 e. The topological polar surface area (TPSA) is 61.2 Å². The highest BCUT2D eigenvalue weighted by molar-refractivity contribution is 7.89. The molecule has 1 aromatic carbocycles. The zero-order valence-corrected chi connectivity index (χ0v) is 11.4. The smallest absolute Gasteiger partial charge is 0.212 e. The molecule has 0 aliphatic rings. The average Bonchev–Trinajstić information content (AvgIpc) is 2.38. The number of benzene rings is 1. The highest BCUT2D eigenvalue weighted by Gasteiger charge is 2.19. The lowest BCUT2D eigenvalue weighted by Gasteiger charge is -2.19. The Bertz CT molecular complexity index is 491. The summed E-state index contributed by atoms with van der Waals surface area (Å²) in [7, 11) is -3.26. The first-order chi connectivity index (χ1) is 8.60. The van der Waals surface area contributed by atoms with Gasteiger partial charge in [-0.1, -0.05) is 37.3 Å². The van der Waals surface area contributed by atoms with Gasteiger partial charge in [-0.05, 0) is 12.0 Å². The second kappa shape index (κ2) is 7.14. The molecule has 0 unspecified atom stereocenters. The van der Waals surface area contributed by atoms with Crippen LogP contribution < -0.4 is 0 Å². The van der Waals surface area contributed by atoms with E-state index in [4.69, 9.17) is 5.26 Å². The second-order valence-electron chi connectivity index (χ2n) is 3.95. The fourth-order valence-electron chi connectivity index (χ4n) is 1.69. The Balaban J connectivity index is 2.61. The Labute approximate surface area is 109 Å². The minimum absolute atomic E-state index is 0.0935. The van der Waals surface area contributed by atoms with E-state index in [2.05, 4.69) is 0 Å². The van der Waals surface area contributed by atoms with Gasteiger partial charge in [-0.15, -0.1) is 0 Å². The van der Waals surface area contributed by atoms with Gasteiger partial charge in [0.15, 0.2) is 0 Å². The van der Waals surface area contributed by atoms with E-state index < -0.39 is 10.0 Å². The maximum Gasteiger partial charge on any atom is 0.214 e. The fraction of sp³-hybridized carbons (Fsp3) is 0.462. The summed E-state index contributed by atoms with van der Waals surface area (Å²) in [5, 5.41) is 8.51. The maximum atomic E-state index is 12.1. The number of nitrogens with zero attached hydrogens (tertiary/aromatic N) is 2. The van der Waals surface area contributed by atoms with Gasteiger partial charge in [-0.2, -0.15) is 5.26 Å². The van der Waals surface area contributed by atoms with Gasteiger partial charge >= 0.3 is 0 Å². The van der Waals surface area contributed by atoms with E-state index in [1.807, 2.05) is 36.4 Å². The van der Waals surface area contributed by atoms with Crippen molar-refractivity contribution < 1.29 is 8.42 Å². The van der Waals surface area contributed by atoms with Crippen molar-refractivity contribution in [3.8, 4) is 6.07 Å². The van der Waals surface area contributed by atoms with Crippen LogP contribution in [0.4, 0.5) is 0 Å². The number of hydrogen-bond donors (Lipinski definition) is 0. The van der Waals surface area contributed by atoms with E-state index >= 15 is 0 Å². The van der Waals surface area contributed by atoms with E-state index in [1.165, 1.54) is 4.31 Å². The lowest BCUT2D eigenvalue weighted by Crippen LogP contribution is -2.34. The predicted molar refractivity (Wildman–Crippen MR) is 71.4 cm³/mol. The Hall–Kier alpha value is -1.38. The number of sulfonamides is 1. The standard InChI is InChI=1S/C13H18N2O2S/c1-2-15(11-6-10-14)18(16,17)12-9-13-7-4-3-5-8-13/h3-5,7-8H,2,6,9,11-12H2,1H3. The summed E-state index contributed by atoms with van der Waals surface area (Å²) in [6, 6.07) is 11.5. The molecule has 18 heavy (non-hydrogen) atoms. The summed E-state index contributed by atoms with van der Waals surface area (Å²) in [4.78, 5) is 0. The van der Waals surface area contributed by atoms with E-state index in [0.717, 1.165) is 5.56 Å². The Kier molecular flexibility index (Phi) is 5.83. The van der Waals surface area contributed by atoms with Crippen LogP contribution in [0.15, 0.2) is 30.3 Å². The molecule has 4 nitrogen and oxygen atoms in total. The predicted octanol–water partition coefficient (Wildman–Crippen LogP) is 1.79. The zero-order chi connectivity index (χ0) is 13.4. The van der Waals surface area contributed by atoms with Crippen LogP contribution in [-0.4, -0.2) is 31.6 Å². The molecule has 0 saturated carbocycles. The molecule has 0 saturated heterocycles. The molecule has 0 radical (unpaired) electrons. The van der Waals surface area contributed by atoms with E-state index in [9.17, 15) is 8.42 Å². The molecule has 0 fully saturated rings. The molecule has 1 aromatic rings. The quantitative estimate of drug-likeness (QED) is 0.756. The van der Waals surface area contributed by atoms with Gasteiger partial charge in [0.05, 0.1) is 11.8 Å². The first-order valence-electron chi connectivity index (χ1n) is 5.99. The number of rotatable bonds is 7. The molecule has 0 aliphatic carbocycles. The van der Waals surface area contributed by atoms with Gasteiger partial charge in [0.1, 0.15) is 0 Å². The van der Waals surface area contributed by atoms with Crippen molar-refractivity contribution in [2.75, 3.05) is 18.8 Å². The van der Waals surface area contributed by atoms with Crippen LogP contribution in [0.1, 0.15) is 18.9 Å². The summed E-state index contributed by atoms with van der Waals surface area (Å²) in [5.41, 5.74) is 1.01. The lowest BCUT2D eigenvalue weighted by molar-refractivity contribution is 0.435. The third-order valence-corrected chi connectivity index (χ3v) is 4.66. The van der Waals surface area contributed by atoms with Crippen LogP contribution in [0.5, 0.6) is 0 Å². The summed E-state index contributed by atoms with van der Waals surface area (Å²) in [6.45, 7) is 2.49. The molecule has 0 aliphatic heterocycles. The van der Waals surface area contributed by atoms with Crippen molar-refractivity contribution in [2.24, 2.45) is 0 Å². The van der Waals surface area contributed by atoms with Crippen LogP contribution in [0.25, 0.3) is 0 Å². The summed E-state index contributed by atoms with van der Waals surface area (Å²) in [6.07, 6.45) is 0.741. The molecule has 0 atom stereocenters. The van der Waals surface area contributed by atoms with Crippen molar-refractivity contribution in [2.45, 2.75) is 19.8 Å². The normalized spacial score (nSPS) is 11.4. The number of hydrogen-bond acceptors (Lipinski definition) is 3. The third kappa shape index (κ3) is 4.47. The highest BCUT2D eigenvalue weighted by Crippen LogP contribution is 2.07. The average molecular weight is 266 g/mol. The minimum atomic E-state index is -3.26. The van der Waals surface area contributed by atoms with Gasteiger partial charge < -0.3 is 0 Å². The first kappa shape index (κ1) is 14.7. The van der Waals surface area contributed by atoms with Crippen LogP contribution in [0.3, 0.4) is 0 Å². The third-order valence-electron chi connectivity index (χ3n) is 2.71. The fourth-order valence-corrected chi connectivity index (χ4v) is 3.20. The molecular weight excluding hydrogens is 248 g/mol. The van der Waals surface area contributed by atoms with Crippen molar-refractivity contribution in [3.05, 3.63) is 35.9 Å². The molecule has 1 rings (SSSR count). The van der Waals surface area contributed by atoms with Crippen molar-refractivity contribution in [1.29, 1.82) is 5.26 Å². The summed E-state index contributed by atoms with van der Waals surface area (Å²) < 4.78 is 25.5. The molecule has 5 heteroatoms. The monoisotopic (exact) mass is 266 g/mol. The van der Waals surface area contributed by atoms with Gasteiger partial charge in [0, 0.05) is 19.5 Å². The zero-order valence-electron chi connectivity index (χ0n) is 10.5. The van der Waals surface area contributed by atoms with E-state index in [0.29, 0.717) is 13.0 Å². The first-order valence-corrected chi connectivity index (χ1v) is 7.59. The molecule has 0 spiro atoms. The Morgan fingerprint density at radius 1 is 1.28 bits per heavy atom. The lowest BCUT2D eigenvalue weighted by atomic mass is 10.2. The number of nitriles is 1. The van der Waals surface area contributed by atoms with Crippen molar-refractivity contribution >= 4 is 10.0 Å². The van der Waals surface area contributed by atoms with E-state index in [-0.39, 0.29) is 18.7 Å². The maximum absolute atomic E-state index is 12.1. The van der Waals surface area contributed by atoms with E-state index in [1.54, 1.807) is 6.92 Å². The summed E-state index contributed by atoms with van der Waals surface area (Å²) in [5.74, 6) is 0.0935. The Morgan fingerprint density at radius 2 is 1.94 bits per heavy atom. The molecular formula is C13H18N2O2S. The molecule has 0 bridgehead atoms. The Morgan fingerprint density at radius 3 is 2.50 bits per heavy atom. The molecule has 98 valence electrons. The minimum Gasteiger partial charge on any atom is -0.212 e. The second-order valence-corrected chi connectivity index (χ2v) is 6.04. The molecule has 0 amide bonds. The van der Waals surface area contributed by atoms with Gasteiger partial charge in [0.25, 0.3) is 0 Å². The number of aryl methyl sites for hydroxylation is 1. The summed E-state index contributed by atoms with van der Waals surface area (Å²) >= 11 is 0. The molecule has 0 aromatic heterocycles. The van der Waals surface area contributed by atoms with Crippen LogP contribution in [0.2, 0.25) is 0 Å². The van der Waals surface area contributed by atoms with Crippen molar-refractivity contribution in [1.82, 2.24) is 4.31 Å². The van der Waals surface area contributed by atoms with Gasteiger partial charge in [-0.25, -0.2) is 12.7 Å². The SMILES string of the molecule is CCN(CCC#N)S(=O)(=O)CCc1ccccc1. The van der Waals surface area contributed by atoms with Crippen molar-refractivity contribution in [3.63, 3.8) is 0 Å². The van der Waals surface area contributed by atoms with Crippen LogP contribution in [-0.2, 0) is 16.4 Å². The van der Waals surface area contributed by atoms with Gasteiger partial charge in [0.2, 0.25) is 10.0 Å². The molecule has 0 N–H and O–H groups in total. The van der Waals surface area contributed by atoms with Crippen LogP contribution in [0, 0.1) is 11.3 Å². The van der Waals surface area contributed by atoms with Gasteiger partial charge in [-0.3, -0.25) is 0 Å². The van der Waals surface area contributed by atoms with Crippen LogP contribution >= 0.6 is 0 Å². The molecule has 0 heterocycles.